The van der Waals surface area contributed by atoms with Gasteiger partial charge in [0.05, 0.1) is 17.2 Å². The maximum absolute atomic E-state index is 12.7. The van der Waals surface area contributed by atoms with Crippen LogP contribution in [-0.2, 0) is 10.0 Å². The first-order chi connectivity index (χ1) is 16.5. The molecular formula is C26H29N3O4S2. The second-order valence-corrected chi connectivity index (χ2v) is 10.7. The number of anilines is 2. The van der Waals surface area contributed by atoms with Crippen molar-refractivity contribution < 1.29 is 17.9 Å². The third-order valence-corrected chi connectivity index (χ3v) is 6.56. The molecular weight excluding hydrogens is 482 g/mol. The van der Waals surface area contributed by atoms with E-state index in [4.69, 9.17) is 17.0 Å². The van der Waals surface area contributed by atoms with Gasteiger partial charge in [-0.2, -0.15) is 0 Å². The number of ether oxygens (including phenoxy) is 1. The fourth-order valence-corrected chi connectivity index (χ4v) is 4.49. The summed E-state index contributed by atoms with van der Waals surface area (Å²) in [4.78, 5) is 12.6. The van der Waals surface area contributed by atoms with Crippen molar-refractivity contribution in [3.8, 4) is 5.75 Å². The molecule has 3 aromatic carbocycles. The van der Waals surface area contributed by atoms with E-state index in [0.29, 0.717) is 35.2 Å². The van der Waals surface area contributed by atoms with Crippen LogP contribution in [0.15, 0.2) is 71.6 Å². The lowest BCUT2D eigenvalue weighted by atomic mass is 10.1. The summed E-state index contributed by atoms with van der Waals surface area (Å²) in [6, 6.07) is 18.4. The largest absolute Gasteiger partial charge is 0.493 e. The van der Waals surface area contributed by atoms with Crippen LogP contribution in [0.25, 0.3) is 0 Å². The Labute approximate surface area is 212 Å². The first-order valence-electron chi connectivity index (χ1n) is 11.1. The van der Waals surface area contributed by atoms with Crippen molar-refractivity contribution >= 4 is 44.6 Å². The third-order valence-electron chi connectivity index (χ3n) is 4.98. The molecule has 3 rings (SSSR count). The molecule has 0 aliphatic carbocycles. The van der Waals surface area contributed by atoms with E-state index in [1.165, 1.54) is 12.1 Å². The summed E-state index contributed by atoms with van der Waals surface area (Å²) in [5.41, 5.74) is 3.40. The summed E-state index contributed by atoms with van der Waals surface area (Å²) < 4.78 is 33.7. The highest BCUT2D eigenvalue weighted by Crippen LogP contribution is 2.22. The van der Waals surface area contributed by atoms with Crippen LogP contribution in [0.4, 0.5) is 11.4 Å². The predicted octanol–water partition coefficient (Wildman–Crippen LogP) is 5.27. The minimum atomic E-state index is -3.75. The van der Waals surface area contributed by atoms with Gasteiger partial charge in [0, 0.05) is 11.3 Å². The van der Waals surface area contributed by atoms with Gasteiger partial charge in [-0.1, -0.05) is 31.5 Å². The molecule has 0 saturated heterocycles. The van der Waals surface area contributed by atoms with Crippen LogP contribution in [0.2, 0.25) is 0 Å². The molecule has 3 aromatic rings. The van der Waals surface area contributed by atoms with Gasteiger partial charge in [0.15, 0.2) is 5.11 Å². The van der Waals surface area contributed by atoms with Crippen LogP contribution in [0.1, 0.15) is 35.3 Å². The number of sulfonamides is 1. The van der Waals surface area contributed by atoms with E-state index in [-0.39, 0.29) is 15.9 Å². The minimum Gasteiger partial charge on any atom is -0.493 e. The molecule has 0 spiro atoms. The molecule has 0 aromatic heterocycles. The lowest BCUT2D eigenvalue weighted by molar-refractivity contribution is 0.0977. The topological polar surface area (TPSA) is 96.5 Å². The first kappa shape index (κ1) is 26.2. The van der Waals surface area contributed by atoms with E-state index in [2.05, 4.69) is 29.2 Å². The molecule has 35 heavy (non-hydrogen) atoms. The second kappa shape index (κ2) is 11.3. The molecule has 0 atom stereocenters. The van der Waals surface area contributed by atoms with Gasteiger partial charge in [-0.05, 0) is 92.1 Å². The van der Waals surface area contributed by atoms with Crippen molar-refractivity contribution in [1.29, 1.82) is 0 Å². The van der Waals surface area contributed by atoms with Crippen LogP contribution in [0.5, 0.6) is 5.75 Å². The Morgan fingerprint density at radius 2 is 1.63 bits per heavy atom. The zero-order valence-corrected chi connectivity index (χ0v) is 21.7. The van der Waals surface area contributed by atoms with Crippen LogP contribution in [-0.4, -0.2) is 26.0 Å². The van der Waals surface area contributed by atoms with E-state index < -0.39 is 10.0 Å². The number of hydrogen-bond donors (Lipinski definition) is 3. The number of aryl methyl sites for hydroxylation is 2. The molecule has 3 N–H and O–H groups in total. The normalized spacial score (nSPS) is 11.1. The highest BCUT2D eigenvalue weighted by atomic mass is 32.2. The second-order valence-electron chi connectivity index (χ2n) is 8.59. The zero-order chi connectivity index (χ0) is 25.6. The lowest BCUT2D eigenvalue weighted by Crippen LogP contribution is -2.34. The molecule has 0 aliphatic heterocycles. The molecule has 1 amide bonds. The highest BCUT2D eigenvalue weighted by Gasteiger charge is 2.16. The molecule has 0 heterocycles. The van der Waals surface area contributed by atoms with Gasteiger partial charge in [-0.15, -0.1) is 0 Å². The Bertz CT molecular complexity index is 1300. The molecule has 0 aliphatic rings. The molecule has 0 fully saturated rings. The fraction of sp³-hybridized carbons (Fsp3) is 0.231. The Morgan fingerprint density at radius 1 is 0.971 bits per heavy atom. The summed E-state index contributed by atoms with van der Waals surface area (Å²) in [6.45, 7) is 8.52. The monoisotopic (exact) mass is 511 g/mol. The van der Waals surface area contributed by atoms with Crippen LogP contribution in [0.3, 0.4) is 0 Å². The van der Waals surface area contributed by atoms with Crippen molar-refractivity contribution in [2.45, 2.75) is 32.6 Å². The van der Waals surface area contributed by atoms with Crippen LogP contribution in [0, 0.1) is 19.8 Å². The number of carbonyl (C=O) groups is 1. The van der Waals surface area contributed by atoms with E-state index in [1.807, 2.05) is 26.0 Å². The number of nitrogens with one attached hydrogen (secondary N) is 3. The smallest absolute Gasteiger partial charge is 0.261 e. The standard InChI is InChI=1S/C26H29N3O4S2/c1-17(2)16-33-22-10-6-20(7-11-22)25(30)28-26(34)27-21-8-12-23(13-9-21)35(31,32)29-24-14-5-18(3)15-19(24)4/h5-15,17,29H,16H2,1-4H3,(H2,27,28,30,34). The molecule has 9 heteroatoms. The van der Waals surface area contributed by atoms with Crippen LogP contribution >= 0.6 is 12.2 Å². The van der Waals surface area contributed by atoms with E-state index in [9.17, 15) is 13.2 Å². The Hall–Kier alpha value is -3.43. The third kappa shape index (κ3) is 7.53. The SMILES string of the molecule is Cc1ccc(NS(=O)(=O)c2ccc(NC(=S)NC(=O)c3ccc(OCC(C)C)cc3)cc2)c(C)c1. The van der Waals surface area contributed by atoms with Gasteiger partial charge < -0.3 is 10.1 Å². The maximum atomic E-state index is 12.7. The quantitative estimate of drug-likeness (QED) is 0.357. The number of rotatable bonds is 8. The maximum Gasteiger partial charge on any atom is 0.261 e. The fourth-order valence-electron chi connectivity index (χ4n) is 3.15. The van der Waals surface area contributed by atoms with Crippen molar-refractivity contribution in [2.24, 2.45) is 5.92 Å². The first-order valence-corrected chi connectivity index (χ1v) is 13.0. The predicted molar refractivity (Wildman–Crippen MR) is 144 cm³/mol. The number of benzene rings is 3. The molecule has 0 unspecified atom stereocenters. The zero-order valence-electron chi connectivity index (χ0n) is 20.1. The average Bonchev–Trinajstić information content (AvgIpc) is 2.80. The van der Waals surface area contributed by atoms with Crippen molar-refractivity contribution in [1.82, 2.24) is 5.32 Å². The number of hydrogen-bond acceptors (Lipinski definition) is 5. The van der Waals surface area contributed by atoms with E-state index >= 15 is 0 Å². The van der Waals surface area contributed by atoms with Crippen molar-refractivity contribution in [3.63, 3.8) is 0 Å². The van der Waals surface area contributed by atoms with E-state index in [0.717, 1.165) is 11.1 Å². The Balaban J connectivity index is 1.58. The van der Waals surface area contributed by atoms with Crippen molar-refractivity contribution in [2.75, 3.05) is 16.6 Å². The number of thiocarbonyl (C=S) groups is 1. The summed E-state index contributed by atoms with van der Waals surface area (Å²) >= 11 is 5.23. The molecule has 0 bridgehead atoms. The summed E-state index contributed by atoms with van der Waals surface area (Å²) in [6.07, 6.45) is 0. The summed E-state index contributed by atoms with van der Waals surface area (Å²) in [5, 5.41) is 5.60. The highest BCUT2D eigenvalue weighted by molar-refractivity contribution is 7.92. The van der Waals surface area contributed by atoms with Gasteiger partial charge in [0.25, 0.3) is 15.9 Å². The van der Waals surface area contributed by atoms with Gasteiger partial charge in [0.2, 0.25) is 0 Å². The minimum absolute atomic E-state index is 0.0964. The lowest BCUT2D eigenvalue weighted by Gasteiger charge is -2.13. The number of carbonyl (C=O) groups excluding carboxylic acids is 1. The molecule has 7 nitrogen and oxygen atoms in total. The molecule has 0 saturated carbocycles. The molecule has 0 radical (unpaired) electrons. The molecule has 184 valence electrons. The van der Waals surface area contributed by atoms with E-state index in [1.54, 1.807) is 42.5 Å². The van der Waals surface area contributed by atoms with Gasteiger partial charge in [-0.3, -0.25) is 14.8 Å². The van der Waals surface area contributed by atoms with Gasteiger partial charge in [-0.25, -0.2) is 8.42 Å². The summed E-state index contributed by atoms with van der Waals surface area (Å²) in [5.74, 6) is 0.733. The Kier molecular flexibility index (Phi) is 8.48. The van der Waals surface area contributed by atoms with Gasteiger partial charge >= 0.3 is 0 Å². The summed E-state index contributed by atoms with van der Waals surface area (Å²) in [7, 11) is -3.75. The average molecular weight is 512 g/mol. The Morgan fingerprint density at radius 3 is 2.23 bits per heavy atom. The number of amides is 1. The van der Waals surface area contributed by atoms with Crippen molar-refractivity contribution in [3.05, 3.63) is 83.4 Å². The van der Waals surface area contributed by atoms with Gasteiger partial charge in [0.1, 0.15) is 5.75 Å². The van der Waals surface area contributed by atoms with Crippen LogP contribution < -0.4 is 20.1 Å².